The molecule has 9 heteroatoms. The van der Waals surface area contributed by atoms with E-state index in [1.165, 1.54) is 11.3 Å². The molecule has 0 saturated heterocycles. The van der Waals surface area contributed by atoms with E-state index >= 15 is 0 Å². The second-order valence-electron chi connectivity index (χ2n) is 9.54. The highest BCUT2D eigenvalue weighted by atomic mass is 35.5. The van der Waals surface area contributed by atoms with Gasteiger partial charge in [0.2, 0.25) is 0 Å². The fourth-order valence-electron chi connectivity index (χ4n) is 4.72. The molecule has 1 aromatic heterocycles. The van der Waals surface area contributed by atoms with E-state index in [0.717, 1.165) is 11.1 Å². The molecule has 5 rings (SSSR count). The van der Waals surface area contributed by atoms with Crippen molar-refractivity contribution in [2.45, 2.75) is 32.9 Å². The fraction of sp³-hybridized carbons (Fsp3) is 0.219. The van der Waals surface area contributed by atoms with Crippen LogP contribution >= 0.6 is 22.9 Å². The van der Waals surface area contributed by atoms with Gasteiger partial charge in [-0.25, -0.2) is 9.79 Å². The Bertz CT molecular complexity index is 1790. The predicted octanol–water partition coefficient (Wildman–Crippen LogP) is 5.38. The Morgan fingerprint density at radius 3 is 2.41 bits per heavy atom. The number of carbonyl (C=O) groups is 1. The third-order valence-electron chi connectivity index (χ3n) is 6.39. The average molecular weight is 589 g/mol. The van der Waals surface area contributed by atoms with Crippen molar-refractivity contribution in [3.05, 3.63) is 120 Å². The molecule has 0 N–H and O–H groups in total. The highest BCUT2D eigenvalue weighted by Gasteiger charge is 2.35. The van der Waals surface area contributed by atoms with Gasteiger partial charge in [-0.15, -0.1) is 0 Å². The van der Waals surface area contributed by atoms with Crippen LogP contribution < -0.4 is 24.4 Å². The Labute approximate surface area is 246 Å². The van der Waals surface area contributed by atoms with E-state index in [4.69, 9.17) is 30.8 Å². The highest BCUT2D eigenvalue weighted by Crippen LogP contribution is 2.38. The monoisotopic (exact) mass is 588 g/mol. The molecule has 0 amide bonds. The van der Waals surface area contributed by atoms with Gasteiger partial charge >= 0.3 is 5.97 Å². The summed E-state index contributed by atoms with van der Waals surface area (Å²) in [6.07, 6.45) is 1.65. The lowest BCUT2D eigenvalue weighted by Gasteiger charge is -2.25. The number of methoxy groups -OCH3 is 1. The van der Waals surface area contributed by atoms with Crippen LogP contribution in [0.4, 0.5) is 0 Å². The molecule has 0 unspecified atom stereocenters. The lowest BCUT2D eigenvalue weighted by molar-refractivity contribution is -0.138. The maximum Gasteiger partial charge on any atom is 0.338 e. The summed E-state index contributed by atoms with van der Waals surface area (Å²) >= 11 is 7.80. The first-order valence-electron chi connectivity index (χ1n) is 13.2. The molecular formula is C32H29ClN2O5S. The van der Waals surface area contributed by atoms with E-state index in [9.17, 15) is 9.59 Å². The van der Waals surface area contributed by atoms with Crippen LogP contribution in [0.1, 0.15) is 43.5 Å². The molecule has 41 heavy (non-hydrogen) atoms. The topological polar surface area (TPSA) is 79.1 Å². The third-order valence-corrected chi connectivity index (χ3v) is 7.66. The molecular weight excluding hydrogens is 560 g/mol. The summed E-state index contributed by atoms with van der Waals surface area (Å²) in [5, 5.41) is 0.371. The van der Waals surface area contributed by atoms with Gasteiger partial charge in [0.05, 0.1) is 46.7 Å². The lowest BCUT2D eigenvalue weighted by atomic mass is 9.93. The molecule has 0 saturated carbocycles. The molecule has 1 aliphatic heterocycles. The van der Waals surface area contributed by atoms with E-state index < -0.39 is 12.0 Å². The summed E-state index contributed by atoms with van der Waals surface area (Å²) in [6.45, 7) is 5.75. The Morgan fingerprint density at radius 2 is 1.78 bits per heavy atom. The summed E-state index contributed by atoms with van der Waals surface area (Å²) in [4.78, 5) is 32.9. The van der Waals surface area contributed by atoms with Crippen molar-refractivity contribution in [1.29, 1.82) is 0 Å². The number of carbonyl (C=O) groups excluding carboxylic acids is 1. The van der Waals surface area contributed by atoms with Gasteiger partial charge in [0.1, 0.15) is 0 Å². The Hall–Kier alpha value is -4.14. The van der Waals surface area contributed by atoms with Gasteiger partial charge in [-0.2, -0.15) is 0 Å². The molecule has 3 aromatic carbocycles. The van der Waals surface area contributed by atoms with E-state index in [1.54, 1.807) is 36.8 Å². The zero-order valence-electron chi connectivity index (χ0n) is 23.1. The second-order valence-corrected chi connectivity index (χ2v) is 11.0. The molecule has 1 aliphatic rings. The number of aromatic nitrogens is 1. The van der Waals surface area contributed by atoms with Gasteiger partial charge in [0.25, 0.3) is 5.56 Å². The smallest absolute Gasteiger partial charge is 0.338 e. The minimum absolute atomic E-state index is 0.0960. The minimum Gasteiger partial charge on any atom is -0.493 e. The lowest BCUT2D eigenvalue weighted by Crippen LogP contribution is -2.39. The molecule has 4 aromatic rings. The number of benzene rings is 3. The third kappa shape index (κ3) is 5.71. The highest BCUT2D eigenvalue weighted by molar-refractivity contribution is 7.07. The molecule has 0 radical (unpaired) electrons. The van der Waals surface area contributed by atoms with Crippen molar-refractivity contribution in [2.24, 2.45) is 4.99 Å². The zero-order chi connectivity index (χ0) is 29.1. The maximum atomic E-state index is 14.0. The number of rotatable bonds is 8. The Balaban J connectivity index is 1.76. The van der Waals surface area contributed by atoms with Gasteiger partial charge < -0.3 is 14.2 Å². The number of thiazole rings is 1. The Kier molecular flexibility index (Phi) is 8.42. The van der Waals surface area contributed by atoms with Crippen molar-refractivity contribution >= 4 is 40.7 Å². The number of hydrogen-bond donors (Lipinski definition) is 0. The summed E-state index contributed by atoms with van der Waals surface area (Å²) in [6, 6.07) is 21.7. The van der Waals surface area contributed by atoms with Crippen molar-refractivity contribution < 1.29 is 19.0 Å². The summed E-state index contributed by atoms with van der Waals surface area (Å²) in [5.74, 6) is 0.386. The predicted molar refractivity (Wildman–Crippen MR) is 161 cm³/mol. The molecule has 0 fully saturated rings. The number of halogens is 1. The van der Waals surface area contributed by atoms with Crippen molar-refractivity contribution in [3.8, 4) is 11.5 Å². The normalized spacial score (nSPS) is 15.0. The van der Waals surface area contributed by atoms with Crippen LogP contribution in [-0.4, -0.2) is 30.4 Å². The first-order valence-corrected chi connectivity index (χ1v) is 14.4. The van der Waals surface area contributed by atoms with Crippen LogP contribution in [0.5, 0.6) is 11.5 Å². The van der Waals surface area contributed by atoms with Gasteiger partial charge in [0.15, 0.2) is 16.3 Å². The van der Waals surface area contributed by atoms with Crippen LogP contribution in [0, 0.1) is 0 Å². The largest absolute Gasteiger partial charge is 0.493 e. The number of esters is 1. The minimum atomic E-state index is -0.733. The Morgan fingerprint density at radius 1 is 1.10 bits per heavy atom. The molecule has 1 atom stereocenters. The van der Waals surface area contributed by atoms with Crippen molar-refractivity contribution in [3.63, 3.8) is 0 Å². The number of nitrogens with zero attached hydrogens (tertiary/aromatic N) is 2. The molecule has 0 bridgehead atoms. The second kappa shape index (κ2) is 12.2. The number of hydrogen-bond acceptors (Lipinski definition) is 7. The zero-order valence-corrected chi connectivity index (χ0v) is 24.7. The number of fused-ring (bicyclic) bond motifs is 1. The summed E-state index contributed by atoms with van der Waals surface area (Å²) < 4.78 is 18.9. The average Bonchev–Trinajstić information content (AvgIpc) is 3.28. The van der Waals surface area contributed by atoms with Crippen LogP contribution in [0.25, 0.3) is 11.8 Å². The van der Waals surface area contributed by atoms with Gasteiger partial charge in [-0.3, -0.25) is 9.36 Å². The van der Waals surface area contributed by atoms with Gasteiger partial charge in [-0.05, 0) is 50.1 Å². The van der Waals surface area contributed by atoms with E-state index in [-0.39, 0.29) is 18.3 Å². The van der Waals surface area contributed by atoms with Crippen LogP contribution in [0.15, 0.2) is 88.2 Å². The molecule has 0 aliphatic carbocycles. The number of ether oxygens (including phenoxy) is 3. The maximum absolute atomic E-state index is 14.0. The van der Waals surface area contributed by atoms with Crippen molar-refractivity contribution in [2.75, 3.05) is 13.7 Å². The van der Waals surface area contributed by atoms with E-state index in [2.05, 4.69) is 0 Å². The first-order chi connectivity index (χ1) is 19.8. The van der Waals surface area contributed by atoms with Crippen LogP contribution in [-0.2, 0) is 9.53 Å². The summed E-state index contributed by atoms with van der Waals surface area (Å²) in [7, 11) is 1.54. The van der Waals surface area contributed by atoms with Gasteiger partial charge in [0, 0.05) is 5.56 Å². The van der Waals surface area contributed by atoms with Crippen molar-refractivity contribution in [1.82, 2.24) is 4.57 Å². The van der Waals surface area contributed by atoms with E-state index in [0.29, 0.717) is 42.7 Å². The molecule has 0 spiro atoms. The fourth-order valence-corrected chi connectivity index (χ4v) is 5.98. The quantitative estimate of drug-likeness (QED) is 0.258. The molecule has 2 heterocycles. The standard InChI is InChI=1S/C32H29ClN2O5S/c1-5-39-31(37)26-27(21-12-8-6-9-13-21)34-32-35(28(26)22-14-10-7-11-15-22)30(36)25(41-32)18-20-16-23(33)29(40-19(2)3)24(17-20)38-4/h6-19,28H,5H2,1-4H3/b25-18-/t28-/m0/s1. The first kappa shape index (κ1) is 28.4. The molecule has 210 valence electrons. The summed E-state index contributed by atoms with van der Waals surface area (Å²) in [5.41, 5.74) is 2.69. The van der Waals surface area contributed by atoms with E-state index in [1.807, 2.05) is 74.5 Å². The van der Waals surface area contributed by atoms with Crippen LogP contribution in [0.3, 0.4) is 0 Å². The SMILES string of the molecule is CCOC(=O)C1=C(c2ccccc2)N=c2s/c(=C\c3cc(Cl)c(OC(C)C)c(OC)c3)c(=O)n2[C@H]1c1ccccc1. The van der Waals surface area contributed by atoms with Gasteiger partial charge in [-0.1, -0.05) is 83.6 Å². The molecule has 7 nitrogen and oxygen atoms in total. The van der Waals surface area contributed by atoms with Crippen LogP contribution in [0.2, 0.25) is 5.02 Å².